The van der Waals surface area contributed by atoms with Gasteiger partial charge in [-0.25, -0.2) is 0 Å². The summed E-state index contributed by atoms with van der Waals surface area (Å²) in [5, 5.41) is 10.6. The summed E-state index contributed by atoms with van der Waals surface area (Å²) in [6.45, 7) is 2.80. The summed E-state index contributed by atoms with van der Waals surface area (Å²) in [5.41, 5.74) is 0.423. The van der Waals surface area contributed by atoms with Crippen LogP contribution in [-0.2, 0) is 4.79 Å². The highest BCUT2D eigenvalue weighted by atomic mass is 16.3. The molecular formula is C22H28N2O2. The van der Waals surface area contributed by atoms with Gasteiger partial charge in [-0.05, 0) is 30.5 Å². The molecule has 1 amide bonds. The van der Waals surface area contributed by atoms with E-state index in [1.165, 1.54) is 4.90 Å². The zero-order chi connectivity index (χ0) is 23.6. The van der Waals surface area contributed by atoms with E-state index in [0.717, 1.165) is 0 Å². The first-order valence-corrected chi connectivity index (χ1v) is 8.97. The summed E-state index contributed by atoms with van der Waals surface area (Å²) in [6.07, 6.45) is -0.625. The lowest BCUT2D eigenvalue weighted by Gasteiger charge is -2.39. The SMILES string of the molecule is [2H]c1c([2H])c([2H])c(N(C(=O)CC)C2CCN(CC([2H])(O)c3ccccc3)CC2)c([2H])c1[2H]. The van der Waals surface area contributed by atoms with E-state index in [0.29, 0.717) is 31.5 Å². The van der Waals surface area contributed by atoms with E-state index in [-0.39, 0.29) is 42.7 Å². The lowest BCUT2D eigenvalue weighted by atomic mass is 10.0. The Balaban J connectivity index is 1.81. The number of benzene rings is 2. The van der Waals surface area contributed by atoms with E-state index in [4.69, 9.17) is 8.22 Å². The van der Waals surface area contributed by atoms with Crippen molar-refractivity contribution in [1.82, 2.24) is 4.90 Å². The normalized spacial score (nSPS) is 21.5. The first kappa shape index (κ1) is 12.3. The number of anilines is 1. The zero-order valence-electron chi connectivity index (χ0n) is 21.0. The molecule has 0 radical (unpaired) electrons. The molecule has 0 spiro atoms. The molecule has 0 saturated carbocycles. The van der Waals surface area contributed by atoms with Crippen LogP contribution in [0.3, 0.4) is 0 Å². The molecule has 1 aliphatic rings. The predicted octanol–water partition coefficient (Wildman–Crippen LogP) is 3.63. The molecule has 0 bridgehead atoms. The molecular weight excluding hydrogens is 324 g/mol. The third-order valence-corrected chi connectivity index (χ3v) is 4.70. The van der Waals surface area contributed by atoms with Crippen molar-refractivity contribution in [2.45, 2.75) is 38.3 Å². The van der Waals surface area contributed by atoms with E-state index in [2.05, 4.69) is 0 Å². The summed E-state index contributed by atoms with van der Waals surface area (Å²) < 4.78 is 48.6. The number of hydrogen-bond donors (Lipinski definition) is 1. The molecule has 1 atom stereocenters. The summed E-state index contributed by atoms with van der Waals surface area (Å²) in [4.78, 5) is 16.1. The fraction of sp³-hybridized carbons (Fsp3) is 0.409. The largest absolute Gasteiger partial charge is 0.387 e. The van der Waals surface area contributed by atoms with Crippen molar-refractivity contribution in [3.8, 4) is 0 Å². The number of aliphatic hydroxyl groups is 1. The van der Waals surface area contributed by atoms with Gasteiger partial charge in [-0.2, -0.15) is 0 Å². The number of piperidine rings is 1. The average Bonchev–Trinajstić information content (AvgIpc) is 2.80. The van der Waals surface area contributed by atoms with E-state index >= 15 is 0 Å². The Labute approximate surface area is 164 Å². The number of carbonyl (C=O) groups excluding carboxylic acids is 1. The van der Waals surface area contributed by atoms with E-state index in [1.807, 2.05) is 11.0 Å². The quantitative estimate of drug-likeness (QED) is 0.858. The molecule has 3 rings (SSSR count). The molecule has 138 valence electrons. The number of likely N-dealkylation sites (tertiary alicyclic amines) is 1. The second-order valence-corrected chi connectivity index (χ2v) is 6.41. The number of β-amino-alcohol motifs (C(OH)–C–C–N with tert-alkyl or cyclic N) is 1. The van der Waals surface area contributed by atoms with Crippen molar-refractivity contribution in [3.05, 3.63) is 66.1 Å². The first-order valence-electron chi connectivity index (χ1n) is 12.0. The van der Waals surface area contributed by atoms with Gasteiger partial charge in [0.25, 0.3) is 0 Å². The molecule has 1 N–H and O–H groups in total. The topological polar surface area (TPSA) is 43.8 Å². The molecule has 4 heteroatoms. The van der Waals surface area contributed by atoms with Crippen LogP contribution in [0.4, 0.5) is 5.69 Å². The van der Waals surface area contributed by atoms with E-state index in [9.17, 15) is 9.90 Å². The number of hydrogen-bond acceptors (Lipinski definition) is 3. The second-order valence-electron chi connectivity index (χ2n) is 6.41. The van der Waals surface area contributed by atoms with Gasteiger partial charge in [0.2, 0.25) is 5.91 Å². The maximum absolute atomic E-state index is 12.8. The Kier molecular flexibility index (Phi) is 4.23. The maximum atomic E-state index is 12.8. The third-order valence-electron chi connectivity index (χ3n) is 4.70. The van der Waals surface area contributed by atoms with Gasteiger partial charge in [0.05, 0.1) is 14.3 Å². The molecule has 2 aromatic rings. The minimum absolute atomic E-state index is 0.0809. The van der Waals surface area contributed by atoms with Crippen LogP contribution in [0.25, 0.3) is 0 Å². The van der Waals surface area contributed by atoms with Gasteiger partial charge < -0.3 is 14.9 Å². The van der Waals surface area contributed by atoms with Crippen LogP contribution >= 0.6 is 0 Å². The fourth-order valence-corrected chi connectivity index (χ4v) is 3.31. The monoisotopic (exact) mass is 358 g/mol. The number of para-hydroxylation sites is 1. The van der Waals surface area contributed by atoms with Crippen LogP contribution in [0, 0.1) is 0 Å². The minimum atomic E-state index is -1.76. The molecule has 1 fully saturated rings. The van der Waals surface area contributed by atoms with Crippen LogP contribution in [0.2, 0.25) is 0 Å². The predicted molar refractivity (Wildman–Crippen MR) is 105 cm³/mol. The van der Waals surface area contributed by atoms with Crippen LogP contribution in [0.15, 0.2) is 60.5 Å². The highest BCUT2D eigenvalue weighted by molar-refractivity contribution is 5.93. The lowest BCUT2D eigenvalue weighted by Crippen LogP contribution is -2.48. The van der Waals surface area contributed by atoms with Crippen molar-refractivity contribution in [3.63, 3.8) is 0 Å². The minimum Gasteiger partial charge on any atom is -0.387 e. The Morgan fingerprint density at radius 1 is 1.27 bits per heavy atom. The van der Waals surface area contributed by atoms with Crippen LogP contribution in [0.5, 0.6) is 0 Å². The number of rotatable bonds is 6. The van der Waals surface area contributed by atoms with Gasteiger partial charge in [-0.1, -0.05) is 55.4 Å². The zero-order valence-corrected chi connectivity index (χ0v) is 15.0. The molecule has 1 aliphatic heterocycles. The summed E-state index contributed by atoms with van der Waals surface area (Å²) in [7, 11) is 0. The van der Waals surface area contributed by atoms with Crippen molar-refractivity contribution < 1.29 is 18.1 Å². The highest BCUT2D eigenvalue weighted by Gasteiger charge is 2.29. The molecule has 4 nitrogen and oxygen atoms in total. The van der Waals surface area contributed by atoms with Crippen molar-refractivity contribution in [2.75, 3.05) is 24.5 Å². The Morgan fingerprint density at radius 3 is 2.54 bits per heavy atom. The molecule has 1 unspecified atom stereocenters. The molecule has 26 heavy (non-hydrogen) atoms. The maximum Gasteiger partial charge on any atom is 0.226 e. The van der Waals surface area contributed by atoms with Gasteiger partial charge >= 0.3 is 0 Å². The standard InChI is InChI=1S/C22H28N2O2/c1-2-22(26)24(19-11-7-4-8-12-19)20-13-15-23(16-14-20)17-21(25)18-9-5-3-6-10-18/h3-12,20-21,25H,2,13-17H2,1H3/i4D,7D,8D,11D,12D,21D. The van der Waals surface area contributed by atoms with Crippen LogP contribution < -0.4 is 4.90 Å². The van der Waals surface area contributed by atoms with E-state index < -0.39 is 24.2 Å². The van der Waals surface area contributed by atoms with Crippen molar-refractivity contribution in [1.29, 1.82) is 0 Å². The summed E-state index contributed by atoms with van der Waals surface area (Å²) in [5.74, 6) is -0.303. The van der Waals surface area contributed by atoms with Crippen LogP contribution in [-0.4, -0.2) is 41.6 Å². The van der Waals surface area contributed by atoms with Crippen molar-refractivity contribution in [2.24, 2.45) is 0 Å². The van der Waals surface area contributed by atoms with Gasteiger partial charge in [-0.15, -0.1) is 0 Å². The number of nitrogens with zero attached hydrogens (tertiary/aromatic N) is 2. The molecule has 2 aromatic carbocycles. The average molecular weight is 359 g/mol. The van der Waals surface area contributed by atoms with Gasteiger partial charge in [-0.3, -0.25) is 4.79 Å². The highest BCUT2D eigenvalue weighted by Crippen LogP contribution is 2.25. The second kappa shape index (κ2) is 8.97. The smallest absolute Gasteiger partial charge is 0.226 e. The number of amides is 1. The van der Waals surface area contributed by atoms with E-state index in [1.54, 1.807) is 31.2 Å². The van der Waals surface area contributed by atoms with Crippen LogP contribution in [0.1, 0.15) is 46.1 Å². The third kappa shape index (κ3) is 4.51. The molecule has 1 heterocycles. The lowest BCUT2D eigenvalue weighted by molar-refractivity contribution is -0.119. The van der Waals surface area contributed by atoms with Gasteiger partial charge in [0.15, 0.2) is 0 Å². The summed E-state index contributed by atoms with van der Waals surface area (Å²) in [6, 6.07) is 6.27. The fourth-order valence-electron chi connectivity index (χ4n) is 3.31. The summed E-state index contributed by atoms with van der Waals surface area (Å²) >= 11 is 0. The molecule has 0 aromatic heterocycles. The Bertz CT molecular complexity index is 949. The Hall–Kier alpha value is -2.17. The first-order chi connectivity index (χ1) is 15.1. The van der Waals surface area contributed by atoms with Gasteiger partial charge in [0.1, 0.15) is 0 Å². The molecule has 1 saturated heterocycles. The number of carbonyl (C=O) groups is 1. The van der Waals surface area contributed by atoms with Crippen molar-refractivity contribution >= 4 is 11.6 Å². The Morgan fingerprint density at radius 2 is 1.92 bits per heavy atom. The molecule has 0 aliphatic carbocycles. The van der Waals surface area contributed by atoms with Gasteiger partial charge in [0, 0.05) is 37.8 Å².